The van der Waals surface area contributed by atoms with Crippen molar-refractivity contribution in [1.82, 2.24) is 19.8 Å². The molecule has 0 saturated carbocycles. The van der Waals surface area contributed by atoms with E-state index in [2.05, 4.69) is 25.5 Å². The smallest absolute Gasteiger partial charge is 0.410 e. The van der Waals surface area contributed by atoms with Crippen molar-refractivity contribution in [3.8, 4) is 11.1 Å². The van der Waals surface area contributed by atoms with E-state index in [1.165, 1.54) is 0 Å². The molecule has 0 spiro atoms. The highest BCUT2D eigenvalue weighted by atomic mass is 35.5. The fourth-order valence-corrected chi connectivity index (χ4v) is 5.86. The topological polar surface area (TPSA) is 137 Å². The lowest BCUT2D eigenvalue weighted by atomic mass is 9.98. The van der Waals surface area contributed by atoms with Crippen molar-refractivity contribution >= 4 is 40.9 Å². The molecule has 4 heterocycles. The lowest BCUT2D eigenvalue weighted by molar-refractivity contribution is 0.101. The number of carbonyl (C=O) groups is 3. The minimum atomic E-state index is -0.390. The van der Waals surface area contributed by atoms with Crippen LogP contribution in [-0.4, -0.2) is 75.1 Å². The Morgan fingerprint density at radius 3 is 2.11 bits per heavy atom. The van der Waals surface area contributed by atoms with Gasteiger partial charge < -0.3 is 25.4 Å². The van der Waals surface area contributed by atoms with E-state index in [0.717, 1.165) is 35.2 Å². The molecule has 0 radical (unpaired) electrons. The van der Waals surface area contributed by atoms with Crippen LogP contribution in [0.5, 0.6) is 0 Å². The number of cyclic esters (lactones) is 1. The SMILES string of the molecule is Cc1c(NC(=O)c2ccc(CN3CCOC3=O)cn2)cccc1-c1cccc(NC(=O)c2ccc(CN3CC[C@@H](O)C3)cn2)c1Cl. The van der Waals surface area contributed by atoms with Crippen LogP contribution in [0.25, 0.3) is 11.1 Å². The first-order valence-electron chi connectivity index (χ1n) is 15.0. The van der Waals surface area contributed by atoms with Gasteiger partial charge in [-0.05, 0) is 59.9 Å². The number of benzene rings is 2. The molecule has 2 aliphatic heterocycles. The quantitative estimate of drug-likeness (QED) is 0.229. The van der Waals surface area contributed by atoms with Crippen LogP contribution in [0.4, 0.5) is 16.2 Å². The molecule has 2 fully saturated rings. The number of amides is 3. The van der Waals surface area contributed by atoms with Gasteiger partial charge in [0.05, 0.1) is 29.9 Å². The van der Waals surface area contributed by atoms with Crippen LogP contribution in [0.2, 0.25) is 5.02 Å². The predicted molar refractivity (Wildman–Crippen MR) is 174 cm³/mol. The Balaban J connectivity index is 1.12. The maximum absolute atomic E-state index is 13.1. The van der Waals surface area contributed by atoms with E-state index < -0.39 is 0 Å². The number of pyridine rings is 2. The standard InChI is InChI=1S/C34H33ClN6O5/c1-21-25(4-2-6-27(21)38-32(43)29-11-9-23(17-37-29)19-41-14-15-46-34(41)45)26-5-3-7-28(31(26)35)39-33(44)30-10-8-22(16-36-30)18-40-13-12-24(42)20-40/h2-11,16-17,24,42H,12-15,18-20H2,1H3,(H,38,43)(H,39,44)/t24-/m1/s1. The highest BCUT2D eigenvalue weighted by Gasteiger charge is 2.23. The Labute approximate surface area is 271 Å². The number of nitrogens with zero attached hydrogens (tertiary/aromatic N) is 4. The van der Waals surface area contributed by atoms with E-state index >= 15 is 0 Å². The van der Waals surface area contributed by atoms with E-state index in [9.17, 15) is 19.5 Å². The number of anilines is 2. The number of nitrogens with one attached hydrogen (secondary N) is 2. The van der Waals surface area contributed by atoms with E-state index in [0.29, 0.717) is 54.7 Å². The summed E-state index contributed by atoms with van der Waals surface area (Å²) in [5.41, 5.74) is 5.53. The fourth-order valence-electron chi connectivity index (χ4n) is 5.58. The average Bonchev–Trinajstić information content (AvgIpc) is 3.66. The zero-order chi connectivity index (χ0) is 32.2. The van der Waals surface area contributed by atoms with Crippen LogP contribution >= 0.6 is 11.6 Å². The molecule has 2 saturated heterocycles. The lowest BCUT2D eigenvalue weighted by Gasteiger charge is -2.16. The number of aliphatic hydroxyl groups is 1. The molecule has 0 aliphatic carbocycles. The van der Waals surface area contributed by atoms with Crippen molar-refractivity contribution in [3.63, 3.8) is 0 Å². The number of halogens is 1. The van der Waals surface area contributed by atoms with Gasteiger partial charge in [0.15, 0.2) is 0 Å². The highest BCUT2D eigenvalue weighted by molar-refractivity contribution is 6.36. The van der Waals surface area contributed by atoms with Gasteiger partial charge in [-0.15, -0.1) is 0 Å². The number of aliphatic hydroxyl groups excluding tert-OH is 1. The third-order valence-electron chi connectivity index (χ3n) is 8.11. The van der Waals surface area contributed by atoms with Crippen LogP contribution in [0.3, 0.4) is 0 Å². The number of carbonyl (C=O) groups excluding carboxylic acids is 3. The summed E-state index contributed by atoms with van der Waals surface area (Å²) in [5.74, 6) is -0.769. The summed E-state index contributed by atoms with van der Waals surface area (Å²) in [6.45, 7) is 5.27. The van der Waals surface area contributed by atoms with E-state index in [4.69, 9.17) is 16.3 Å². The number of likely N-dealkylation sites (tertiary alicyclic amines) is 1. The Morgan fingerprint density at radius 1 is 0.891 bits per heavy atom. The number of aromatic nitrogens is 2. The van der Waals surface area contributed by atoms with Crippen LogP contribution in [-0.2, 0) is 17.8 Å². The first-order chi connectivity index (χ1) is 22.2. The highest BCUT2D eigenvalue weighted by Crippen LogP contribution is 2.37. The van der Waals surface area contributed by atoms with Crippen molar-refractivity contribution in [2.75, 3.05) is 36.9 Å². The summed E-state index contributed by atoms with van der Waals surface area (Å²) in [4.78, 5) is 50.2. The van der Waals surface area contributed by atoms with E-state index in [1.54, 1.807) is 53.7 Å². The molecule has 11 nitrogen and oxygen atoms in total. The van der Waals surface area contributed by atoms with Crippen LogP contribution < -0.4 is 10.6 Å². The molecular formula is C34H33ClN6O5. The van der Waals surface area contributed by atoms with Crippen LogP contribution in [0.1, 0.15) is 44.1 Å². The first kappa shape index (κ1) is 31.2. The Kier molecular flexibility index (Phi) is 9.25. The molecule has 6 rings (SSSR count). The second-order valence-electron chi connectivity index (χ2n) is 11.4. The molecule has 236 valence electrons. The summed E-state index contributed by atoms with van der Waals surface area (Å²) in [6, 6.07) is 17.8. The zero-order valence-corrected chi connectivity index (χ0v) is 26.0. The number of ether oxygens (including phenoxy) is 1. The molecule has 2 aliphatic rings. The monoisotopic (exact) mass is 640 g/mol. The van der Waals surface area contributed by atoms with Gasteiger partial charge >= 0.3 is 6.09 Å². The van der Waals surface area contributed by atoms with Gasteiger partial charge in [-0.25, -0.2) is 4.79 Å². The first-order valence-corrected chi connectivity index (χ1v) is 15.4. The predicted octanol–water partition coefficient (Wildman–Crippen LogP) is 5.13. The van der Waals surface area contributed by atoms with Crippen molar-refractivity contribution in [2.45, 2.75) is 32.5 Å². The average molecular weight is 641 g/mol. The molecule has 3 amide bonds. The lowest BCUT2D eigenvalue weighted by Crippen LogP contribution is -2.23. The van der Waals surface area contributed by atoms with Gasteiger partial charge in [0.2, 0.25) is 0 Å². The third-order valence-corrected chi connectivity index (χ3v) is 8.51. The molecule has 3 N–H and O–H groups in total. The van der Waals surface area contributed by atoms with Gasteiger partial charge in [0.25, 0.3) is 11.8 Å². The van der Waals surface area contributed by atoms with Gasteiger partial charge in [-0.2, -0.15) is 0 Å². The zero-order valence-electron chi connectivity index (χ0n) is 25.2. The number of hydrogen-bond donors (Lipinski definition) is 3. The molecule has 1 atom stereocenters. The molecule has 12 heteroatoms. The molecule has 2 aromatic carbocycles. The van der Waals surface area contributed by atoms with Crippen LogP contribution in [0, 0.1) is 6.92 Å². The van der Waals surface area contributed by atoms with E-state index in [1.807, 2.05) is 31.2 Å². The second-order valence-corrected chi connectivity index (χ2v) is 11.7. The summed E-state index contributed by atoms with van der Waals surface area (Å²) >= 11 is 6.83. The number of hydrogen-bond acceptors (Lipinski definition) is 8. The summed E-state index contributed by atoms with van der Waals surface area (Å²) in [5, 5.41) is 15.9. The maximum atomic E-state index is 13.1. The van der Waals surface area contributed by atoms with Crippen molar-refractivity contribution in [2.24, 2.45) is 0 Å². The molecular weight excluding hydrogens is 608 g/mol. The molecule has 2 aromatic heterocycles. The summed E-state index contributed by atoms with van der Waals surface area (Å²) in [6.07, 6.45) is 3.37. The van der Waals surface area contributed by atoms with Crippen molar-refractivity contribution in [1.29, 1.82) is 0 Å². The van der Waals surface area contributed by atoms with Gasteiger partial charge in [-0.1, -0.05) is 48.0 Å². The largest absolute Gasteiger partial charge is 0.448 e. The van der Waals surface area contributed by atoms with Gasteiger partial charge in [-0.3, -0.25) is 24.5 Å². The molecule has 46 heavy (non-hydrogen) atoms. The minimum Gasteiger partial charge on any atom is -0.448 e. The van der Waals surface area contributed by atoms with E-state index in [-0.39, 0.29) is 35.4 Å². The normalized spacial score (nSPS) is 16.4. The Hall–Kier alpha value is -4.84. The maximum Gasteiger partial charge on any atom is 0.410 e. The van der Waals surface area contributed by atoms with Crippen molar-refractivity contribution < 1.29 is 24.2 Å². The summed E-state index contributed by atoms with van der Waals surface area (Å²) < 4.78 is 4.96. The molecule has 4 aromatic rings. The number of rotatable bonds is 9. The van der Waals surface area contributed by atoms with Gasteiger partial charge in [0, 0.05) is 43.3 Å². The molecule has 0 bridgehead atoms. The van der Waals surface area contributed by atoms with Gasteiger partial charge in [0.1, 0.15) is 18.0 Å². The van der Waals surface area contributed by atoms with Crippen molar-refractivity contribution in [3.05, 3.63) is 106 Å². The Bertz CT molecular complexity index is 1770. The Morgan fingerprint density at radius 2 is 1.52 bits per heavy atom. The third kappa shape index (κ3) is 7.02. The molecule has 0 unspecified atom stereocenters. The second kappa shape index (κ2) is 13.7. The number of β-amino-alcohol motifs (C(OH)–C–C–N with tert-alkyl or cyclic N) is 1. The summed E-state index contributed by atoms with van der Waals surface area (Å²) in [7, 11) is 0. The van der Waals surface area contributed by atoms with Crippen LogP contribution in [0.15, 0.2) is 73.1 Å². The fraction of sp³-hybridized carbons (Fsp3) is 0.265. The minimum absolute atomic E-state index is 0.233.